The first-order valence-electron chi connectivity index (χ1n) is 12.2. The van der Waals surface area contributed by atoms with E-state index in [4.69, 9.17) is 20.4 Å². The molecule has 1 aromatic rings. The number of aliphatic carboxylic acids is 1. The minimum Gasteiger partial charge on any atom is -0.485 e. The van der Waals surface area contributed by atoms with E-state index in [0.29, 0.717) is 38.1 Å². The molecule has 0 saturated heterocycles. The molecule has 0 radical (unpaired) electrons. The maximum atomic E-state index is 12.8. The highest BCUT2D eigenvalue weighted by Crippen LogP contribution is 2.16. The molecule has 12 nitrogen and oxygen atoms in total. The summed E-state index contributed by atoms with van der Waals surface area (Å²) in [5, 5.41) is 34.2. The minimum absolute atomic E-state index is 0.0986. The van der Waals surface area contributed by atoms with Crippen molar-refractivity contribution in [3.05, 3.63) is 29.8 Å². The van der Waals surface area contributed by atoms with Crippen molar-refractivity contribution in [2.24, 2.45) is 0 Å². The average Bonchev–Trinajstić information content (AvgIpc) is 2.84. The molecule has 3 amide bonds. The van der Waals surface area contributed by atoms with Crippen molar-refractivity contribution < 1.29 is 44.5 Å². The van der Waals surface area contributed by atoms with Gasteiger partial charge < -0.3 is 25.8 Å². The van der Waals surface area contributed by atoms with Crippen molar-refractivity contribution in [1.29, 1.82) is 0 Å². The fourth-order valence-corrected chi connectivity index (χ4v) is 3.32. The van der Waals surface area contributed by atoms with E-state index in [9.17, 15) is 14.4 Å². The predicted molar refractivity (Wildman–Crippen MR) is 131 cm³/mol. The Morgan fingerprint density at radius 2 is 1.53 bits per heavy atom. The molecule has 6 N–H and O–H groups in total. The van der Waals surface area contributed by atoms with Gasteiger partial charge in [0.2, 0.25) is 5.91 Å². The van der Waals surface area contributed by atoms with Gasteiger partial charge in [0.1, 0.15) is 25.0 Å². The van der Waals surface area contributed by atoms with Gasteiger partial charge in [-0.05, 0) is 37.0 Å². The summed E-state index contributed by atoms with van der Waals surface area (Å²) in [6.07, 6.45) is 4.33. The van der Waals surface area contributed by atoms with Crippen LogP contribution in [-0.2, 0) is 25.8 Å². The Labute approximate surface area is 211 Å². The van der Waals surface area contributed by atoms with E-state index in [1.165, 1.54) is 0 Å². The number of urea groups is 1. The van der Waals surface area contributed by atoms with Gasteiger partial charge in [-0.2, -0.15) is 0 Å². The fourth-order valence-electron chi connectivity index (χ4n) is 3.32. The zero-order valence-electron chi connectivity index (χ0n) is 20.7. The normalized spacial score (nSPS) is 11.7. The van der Waals surface area contributed by atoms with Crippen LogP contribution in [0.1, 0.15) is 57.4 Å². The lowest BCUT2D eigenvalue weighted by molar-refractivity contribution is -0.286. The molecule has 0 bridgehead atoms. The van der Waals surface area contributed by atoms with Crippen molar-refractivity contribution in [3.8, 4) is 5.75 Å². The van der Waals surface area contributed by atoms with Gasteiger partial charge in [-0.1, -0.05) is 38.3 Å². The van der Waals surface area contributed by atoms with E-state index < -0.39 is 24.1 Å². The lowest BCUT2D eigenvalue weighted by atomic mass is 10.0. The molecule has 204 valence electrons. The van der Waals surface area contributed by atoms with Crippen LogP contribution >= 0.6 is 0 Å². The Balaban J connectivity index is 2.68. The van der Waals surface area contributed by atoms with E-state index in [-0.39, 0.29) is 32.0 Å². The van der Waals surface area contributed by atoms with Gasteiger partial charge in [0.25, 0.3) is 0 Å². The second kappa shape index (κ2) is 19.3. The minimum atomic E-state index is -0.841. The molecule has 0 spiro atoms. The predicted octanol–water partition coefficient (Wildman–Crippen LogP) is 2.57. The van der Waals surface area contributed by atoms with Crippen molar-refractivity contribution >= 4 is 17.9 Å². The topological polar surface area (TPSA) is 176 Å². The van der Waals surface area contributed by atoms with Crippen LogP contribution in [0.4, 0.5) is 4.79 Å². The van der Waals surface area contributed by atoms with Crippen LogP contribution in [0.2, 0.25) is 0 Å². The summed E-state index contributed by atoms with van der Waals surface area (Å²) in [7, 11) is 0. The van der Waals surface area contributed by atoms with Crippen molar-refractivity contribution in [3.63, 3.8) is 0 Å². The Morgan fingerprint density at radius 3 is 2.14 bits per heavy atom. The number of hydrogen-bond donors (Lipinski definition) is 6. The lowest BCUT2D eigenvalue weighted by Crippen LogP contribution is -2.51. The summed E-state index contributed by atoms with van der Waals surface area (Å²) in [4.78, 5) is 43.8. The molecule has 1 aromatic carbocycles. The molecule has 0 aliphatic rings. The second-order valence-corrected chi connectivity index (χ2v) is 8.33. The third kappa shape index (κ3) is 14.5. The van der Waals surface area contributed by atoms with E-state index in [2.05, 4.69) is 32.6 Å². The third-order valence-corrected chi connectivity index (χ3v) is 5.24. The van der Waals surface area contributed by atoms with Crippen molar-refractivity contribution in [2.75, 3.05) is 26.3 Å². The molecule has 0 fully saturated rings. The maximum Gasteiger partial charge on any atom is 0.315 e. The van der Waals surface area contributed by atoms with Gasteiger partial charge in [-0.3, -0.25) is 20.1 Å². The lowest BCUT2D eigenvalue weighted by Gasteiger charge is -2.20. The molecule has 12 heteroatoms. The van der Waals surface area contributed by atoms with E-state index in [1.54, 1.807) is 24.3 Å². The molecule has 0 heterocycles. The number of carbonyl (C=O) groups is 3. The van der Waals surface area contributed by atoms with Crippen molar-refractivity contribution in [2.45, 2.75) is 70.4 Å². The molecule has 1 unspecified atom stereocenters. The summed E-state index contributed by atoms with van der Waals surface area (Å²) in [5.74, 6) is -0.693. The van der Waals surface area contributed by atoms with Gasteiger partial charge in [-0.25, -0.2) is 14.6 Å². The largest absolute Gasteiger partial charge is 0.485 e. The first kappa shape index (κ1) is 31.1. The van der Waals surface area contributed by atoms with E-state index >= 15 is 0 Å². The van der Waals surface area contributed by atoms with Gasteiger partial charge >= 0.3 is 12.0 Å². The van der Waals surface area contributed by atoms with Crippen LogP contribution in [-0.4, -0.2) is 72.0 Å². The number of benzene rings is 1. The second-order valence-electron chi connectivity index (χ2n) is 8.33. The number of carboxylic acid groups (broad SMARTS) is 1. The van der Waals surface area contributed by atoms with Crippen LogP contribution in [0, 0.1) is 0 Å². The Bertz CT molecular complexity index is 756. The summed E-state index contributed by atoms with van der Waals surface area (Å²) >= 11 is 0. The first-order valence-corrected chi connectivity index (χ1v) is 12.2. The van der Waals surface area contributed by atoms with Crippen LogP contribution in [0.5, 0.6) is 5.75 Å². The quantitative estimate of drug-likeness (QED) is 0.0869. The highest BCUT2D eigenvalue weighted by molar-refractivity contribution is 5.87. The Kier molecular flexibility index (Phi) is 16.7. The number of nitrogens with one attached hydrogen (secondary N) is 3. The highest BCUT2D eigenvalue weighted by Gasteiger charge is 2.21. The molecular formula is C24H39N3O9. The van der Waals surface area contributed by atoms with Crippen LogP contribution in [0.25, 0.3) is 0 Å². The standard InChI is InChI=1S/C24H39N3O9/c1-2-3-6-13-25-23(30)21(27-24(31)26-14-7-4-5-8-22(28)29)15-18-9-11-19(12-10-18)36-20(16-34-32)17-35-33/h9-12,20-21,32-33H,2-8,13-17H2,1H3,(H,25,30)(H,28,29)(H2,26,27,31). The van der Waals surface area contributed by atoms with Crippen LogP contribution in [0.15, 0.2) is 24.3 Å². The zero-order valence-corrected chi connectivity index (χ0v) is 20.7. The number of amides is 3. The number of carbonyl (C=O) groups excluding carboxylic acids is 2. The maximum absolute atomic E-state index is 12.8. The zero-order chi connectivity index (χ0) is 26.6. The summed E-state index contributed by atoms with van der Waals surface area (Å²) in [6.45, 7) is 2.55. The number of ether oxygens (including phenoxy) is 1. The number of carboxylic acids is 1. The molecule has 0 aliphatic carbocycles. The average molecular weight is 514 g/mol. The van der Waals surface area contributed by atoms with Gasteiger partial charge in [-0.15, -0.1) is 0 Å². The molecule has 1 atom stereocenters. The third-order valence-electron chi connectivity index (χ3n) is 5.24. The van der Waals surface area contributed by atoms with E-state index in [1.807, 2.05) is 0 Å². The molecule has 1 rings (SSSR count). The SMILES string of the molecule is CCCCCNC(=O)C(Cc1ccc(OC(COO)COO)cc1)NC(=O)NCCCCCC(=O)O. The summed E-state index contributed by atoms with van der Waals surface area (Å²) in [6, 6.07) is 5.52. The highest BCUT2D eigenvalue weighted by atomic mass is 17.1. The van der Waals surface area contributed by atoms with Crippen LogP contribution < -0.4 is 20.7 Å². The summed E-state index contributed by atoms with van der Waals surface area (Å²) < 4.78 is 5.57. The molecule has 36 heavy (non-hydrogen) atoms. The number of unbranched alkanes of at least 4 members (excludes halogenated alkanes) is 4. The molecule has 0 aromatic heterocycles. The van der Waals surface area contributed by atoms with Gasteiger partial charge in [0.05, 0.1) is 0 Å². The monoisotopic (exact) mass is 513 g/mol. The molecule has 0 saturated carbocycles. The molecular weight excluding hydrogens is 474 g/mol. The first-order chi connectivity index (χ1) is 17.4. The fraction of sp³-hybridized carbons (Fsp3) is 0.625. The molecule has 0 aliphatic heterocycles. The Morgan fingerprint density at radius 1 is 0.889 bits per heavy atom. The smallest absolute Gasteiger partial charge is 0.315 e. The Hall–Kier alpha value is -2.93. The van der Waals surface area contributed by atoms with Crippen molar-refractivity contribution in [1.82, 2.24) is 16.0 Å². The van der Waals surface area contributed by atoms with Gasteiger partial charge in [0, 0.05) is 25.9 Å². The van der Waals surface area contributed by atoms with Crippen LogP contribution in [0.3, 0.4) is 0 Å². The van der Waals surface area contributed by atoms with Gasteiger partial charge in [0.15, 0.2) is 6.10 Å². The van der Waals surface area contributed by atoms with E-state index in [0.717, 1.165) is 24.8 Å². The number of rotatable bonds is 20. The summed E-state index contributed by atoms with van der Waals surface area (Å²) in [5.41, 5.74) is 0.776. The number of hydrogen-bond acceptors (Lipinski definition) is 8.